The normalized spacial score (nSPS) is 10.3. The molecule has 2 N–H and O–H groups in total. The molecule has 5 heteroatoms. The Morgan fingerprint density at radius 2 is 1.94 bits per heavy atom. The Morgan fingerprint density at radius 3 is 2.50 bits per heavy atom. The Morgan fingerprint density at radius 1 is 1.28 bits per heavy atom. The molecule has 0 aliphatic carbocycles. The van der Waals surface area contributed by atoms with Gasteiger partial charge in [0.2, 0.25) is 0 Å². The molecule has 94 valence electrons. The first kappa shape index (κ1) is 12.4. The summed E-state index contributed by atoms with van der Waals surface area (Å²) in [6.07, 6.45) is 0. The number of hydrogen-bond acceptors (Lipinski definition) is 4. The standard InChI is InChI=1S/C13H13NO3S/c1-14(7-9-2-3-18-8-9)13(17)10-4-11(15)6-12(16)5-10/h2-6,8,15-16H,7H2,1H3. The van der Waals surface area contributed by atoms with Gasteiger partial charge in [-0.05, 0) is 34.5 Å². The Hall–Kier alpha value is -2.01. The minimum Gasteiger partial charge on any atom is -0.508 e. The summed E-state index contributed by atoms with van der Waals surface area (Å²) in [5.41, 5.74) is 1.32. The van der Waals surface area contributed by atoms with Crippen LogP contribution in [0.2, 0.25) is 0 Å². The first-order valence-electron chi connectivity index (χ1n) is 5.36. The monoisotopic (exact) mass is 263 g/mol. The van der Waals surface area contributed by atoms with Crippen molar-refractivity contribution in [2.75, 3.05) is 7.05 Å². The molecule has 0 saturated heterocycles. The molecule has 1 aromatic carbocycles. The number of hydrogen-bond donors (Lipinski definition) is 2. The molecule has 0 atom stereocenters. The molecule has 18 heavy (non-hydrogen) atoms. The number of nitrogens with zero attached hydrogens (tertiary/aromatic N) is 1. The lowest BCUT2D eigenvalue weighted by Crippen LogP contribution is -2.25. The van der Waals surface area contributed by atoms with Crippen LogP contribution in [0.1, 0.15) is 15.9 Å². The maximum atomic E-state index is 12.1. The largest absolute Gasteiger partial charge is 0.508 e. The molecule has 0 aliphatic rings. The second kappa shape index (κ2) is 5.10. The van der Waals surface area contributed by atoms with Crippen LogP contribution in [0.25, 0.3) is 0 Å². The Balaban J connectivity index is 2.15. The van der Waals surface area contributed by atoms with E-state index < -0.39 is 0 Å². The molecule has 1 amide bonds. The van der Waals surface area contributed by atoms with E-state index >= 15 is 0 Å². The number of amides is 1. The summed E-state index contributed by atoms with van der Waals surface area (Å²) in [7, 11) is 1.68. The lowest BCUT2D eigenvalue weighted by Gasteiger charge is -2.16. The quantitative estimate of drug-likeness (QED) is 0.894. The van der Waals surface area contributed by atoms with E-state index in [1.807, 2.05) is 16.8 Å². The van der Waals surface area contributed by atoms with Crippen LogP contribution in [-0.4, -0.2) is 28.1 Å². The van der Waals surface area contributed by atoms with Gasteiger partial charge in [0.05, 0.1) is 0 Å². The first-order valence-corrected chi connectivity index (χ1v) is 6.30. The molecule has 2 aromatic rings. The molecule has 1 heterocycles. The van der Waals surface area contributed by atoms with Gasteiger partial charge in [-0.1, -0.05) is 0 Å². The van der Waals surface area contributed by atoms with E-state index in [1.54, 1.807) is 18.4 Å². The van der Waals surface area contributed by atoms with Gasteiger partial charge in [-0.3, -0.25) is 4.79 Å². The van der Waals surface area contributed by atoms with E-state index in [2.05, 4.69) is 0 Å². The van der Waals surface area contributed by atoms with Crippen molar-refractivity contribution in [3.63, 3.8) is 0 Å². The van der Waals surface area contributed by atoms with E-state index in [9.17, 15) is 15.0 Å². The number of carbonyl (C=O) groups excluding carboxylic acids is 1. The summed E-state index contributed by atoms with van der Waals surface area (Å²) in [4.78, 5) is 13.6. The van der Waals surface area contributed by atoms with Crippen molar-refractivity contribution in [1.29, 1.82) is 0 Å². The van der Waals surface area contributed by atoms with Crippen molar-refractivity contribution in [1.82, 2.24) is 4.90 Å². The second-order valence-corrected chi connectivity index (χ2v) is 4.81. The topological polar surface area (TPSA) is 60.8 Å². The van der Waals surface area contributed by atoms with Gasteiger partial charge in [0, 0.05) is 25.2 Å². The predicted octanol–water partition coefficient (Wildman–Crippen LogP) is 2.43. The van der Waals surface area contributed by atoms with Gasteiger partial charge in [0.15, 0.2) is 0 Å². The van der Waals surface area contributed by atoms with Crippen molar-refractivity contribution in [2.45, 2.75) is 6.54 Å². The maximum absolute atomic E-state index is 12.1. The minimum atomic E-state index is -0.243. The molecule has 0 saturated carbocycles. The average molecular weight is 263 g/mol. The summed E-state index contributed by atoms with van der Waals surface area (Å²) in [5.74, 6) is -0.489. The van der Waals surface area contributed by atoms with E-state index in [0.717, 1.165) is 5.56 Å². The number of benzene rings is 1. The number of aromatic hydroxyl groups is 2. The van der Waals surface area contributed by atoms with Crippen LogP contribution in [0, 0.1) is 0 Å². The van der Waals surface area contributed by atoms with Crippen molar-refractivity contribution >= 4 is 17.2 Å². The Bertz CT molecular complexity index is 531. The van der Waals surface area contributed by atoms with Crippen molar-refractivity contribution in [2.24, 2.45) is 0 Å². The van der Waals surface area contributed by atoms with Crippen LogP contribution in [0.3, 0.4) is 0 Å². The van der Waals surface area contributed by atoms with Crippen LogP contribution in [0.15, 0.2) is 35.0 Å². The number of carbonyl (C=O) groups is 1. The molecular weight excluding hydrogens is 250 g/mol. The molecule has 0 aliphatic heterocycles. The summed E-state index contributed by atoms with van der Waals surface area (Å²) >= 11 is 1.58. The first-order chi connectivity index (χ1) is 8.56. The summed E-state index contributed by atoms with van der Waals surface area (Å²) in [5, 5.41) is 22.6. The number of thiophene rings is 1. The SMILES string of the molecule is CN(Cc1ccsc1)C(=O)c1cc(O)cc(O)c1. The molecule has 1 aromatic heterocycles. The van der Waals surface area contributed by atoms with Crippen molar-refractivity contribution in [3.05, 3.63) is 46.2 Å². The third-order valence-electron chi connectivity index (χ3n) is 2.50. The van der Waals surface area contributed by atoms with E-state index in [0.29, 0.717) is 6.54 Å². The molecule has 0 unspecified atom stereocenters. The van der Waals surface area contributed by atoms with Gasteiger partial charge >= 0.3 is 0 Å². The molecular formula is C13H13NO3S. The predicted molar refractivity (Wildman–Crippen MR) is 69.9 cm³/mol. The molecule has 0 bridgehead atoms. The third kappa shape index (κ3) is 2.81. The van der Waals surface area contributed by atoms with Gasteiger partial charge in [-0.15, -0.1) is 0 Å². The Kier molecular flexibility index (Phi) is 3.53. The summed E-state index contributed by atoms with van der Waals surface area (Å²) in [6.45, 7) is 0.499. The average Bonchev–Trinajstić information content (AvgIpc) is 2.79. The molecule has 4 nitrogen and oxygen atoms in total. The summed E-state index contributed by atoms with van der Waals surface area (Å²) < 4.78 is 0. The van der Waals surface area contributed by atoms with Gasteiger partial charge in [-0.2, -0.15) is 11.3 Å². The third-order valence-corrected chi connectivity index (χ3v) is 3.23. The zero-order valence-electron chi connectivity index (χ0n) is 9.83. The van der Waals surface area contributed by atoms with Crippen LogP contribution in [-0.2, 0) is 6.54 Å². The maximum Gasteiger partial charge on any atom is 0.254 e. The summed E-state index contributed by atoms with van der Waals surface area (Å²) in [6, 6.07) is 5.82. The fraction of sp³-hybridized carbons (Fsp3) is 0.154. The fourth-order valence-electron chi connectivity index (χ4n) is 1.67. The highest BCUT2D eigenvalue weighted by molar-refractivity contribution is 7.07. The highest BCUT2D eigenvalue weighted by Crippen LogP contribution is 2.21. The van der Waals surface area contributed by atoms with Gasteiger partial charge < -0.3 is 15.1 Å². The molecule has 2 rings (SSSR count). The molecule has 0 spiro atoms. The lowest BCUT2D eigenvalue weighted by molar-refractivity contribution is 0.0784. The second-order valence-electron chi connectivity index (χ2n) is 4.03. The lowest BCUT2D eigenvalue weighted by atomic mass is 10.1. The van der Waals surface area contributed by atoms with E-state index in [-0.39, 0.29) is 23.0 Å². The minimum absolute atomic E-state index is 0.123. The van der Waals surface area contributed by atoms with Crippen LogP contribution in [0.4, 0.5) is 0 Å². The molecule has 0 radical (unpaired) electrons. The van der Waals surface area contributed by atoms with Crippen LogP contribution >= 0.6 is 11.3 Å². The number of phenols is 2. The highest BCUT2D eigenvalue weighted by Gasteiger charge is 2.14. The highest BCUT2D eigenvalue weighted by atomic mass is 32.1. The van der Waals surface area contributed by atoms with Crippen molar-refractivity contribution in [3.8, 4) is 11.5 Å². The Labute approximate surface area is 109 Å². The van der Waals surface area contributed by atoms with Gasteiger partial charge in [0.25, 0.3) is 5.91 Å². The van der Waals surface area contributed by atoms with Gasteiger partial charge in [-0.25, -0.2) is 0 Å². The number of rotatable bonds is 3. The molecule has 0 fully saturated rings. The zero-order valence-corrected chi connectivity index (χ0v) is 10.6. The number of phenolic OH excluding ortho intramolecular Hbond substituents is 2. The van der Waals surface area contributed by atoms with Crippen LogP contribution in [0.5, 0.6) is 11.5 Å². The van der Waals surface area contributed by atoms with Crippen molar-refractivity contribution < 1.29 is 15.0 Å². The van der Waals surface area contributed by atoms with E-state index in [1.165, 1.54) is 23.1 Å². The fourth-order valence-corrected chi connectivity index (χ4v) is 2.33. The van der Waals surface area contributed by atoms with Crippen LogP contribution < -0.4 is 0 Å². The van der Waals surface area contributed by atoms with Gasteiger partial charge in [0.1, 0.15) is 11.5 Å². The smallest absolute Gasteiger partial charge is 0.254 e. The van der Waals surface area contributed by atoms with E-state index in [4.69, 9.17) is 0 Å². The zero-order chi connectivity index (χ0) is 13.1.